The average Bonchev–Trinajstić information content (AvgIpc) is 2.53. The van der Waals surface area contributed by atoms with Crippen LogP contribution in [0, 0.1) is 0 Å². The second-order valence-electron chi connectivity index (χ2n) is 2.70. The number of aromatic nitrogens is 2. The number of rotatable bonds is 2. The molecule has 0 unspecified atom stereocenters. The molecule has 0 saturated carbocycles. The highest BCUT2D eigenvalue weighted by molar-refractivity contribution is 5.19. The summed E-state index contributed by atoms with van der Waals surface area (Å²) in [6, 6.07) is 4.07. The molecule has 0 aliphatic heterocycles. The lowest BCUT2D eigenvalue weighted by Crippen LogP contribution is -1.85. The predicted molar refractivity (Wildman–Crippen MR) is 48.0 cm³/mol. The summed E-state index contributed by atoms with van der Waals surface area (Å²) >= 11 is 0. The Balaban J connectivity index is 2.15. The number of hydrogen-bond acceptors (Lipinski definition) is 4. The summed E-state index contributed by atoms with van der Waals surface area (Å²) in [5.74, 6) is 0.767. The van der Waals surface area contributed by atoms with Gasteiger partial charge in [0.2, 0.25) is 0 Å². The zero-order valence-electron chi connectivity index (χ0n) is 6.97. The van der Waals surface area contributed by atoms with Crippen LogP contribution < -0.4 is 5.73 Å². The monoisotopic (exact) mass is 175 g/mol. The third kappa shape index (κ3) is 1.84. The minimum absolute atomic E-state index is 0.212. The molecule has 0 atom stereocenters. The largest absolute Gasteiger partial charge is 0.429 e. The number of oxazole rings is 1. The molecule has 0 radical (unpaired) electrons. The molecule has 0 aromatic carbocycles. The second-order valence-corrected chi connectivity index (χ2v) is 2.70. The van der Waals surface area contributed by atoms with Crippen LogP contribution >= 0.6 is 0 Å². The first-order valence-electron chi connectivity index (χ1n) is 3.93. The lowest BCUT2D eigenvalue weighted by molar-refractivity contribution is 0.534. The van der Waals surface area contributed by atoms with E-state index in [0.29, 0.717) is 6.42 Å². The van der Waals surface area contributed by atoms with E-state index in [9.17, 15) is 0 Å². The molecule has 0 saturated heterocycles. The van der Waals surface area contributed by atoms with Gasteiger partial charge < -0.3 is 10.2 Å². The number of nitrogen functional groups attached to an aromatic ring is 1. The smallest absolute Gasteiger partial charge is 0.292 e. The maximum absolute atomic E-state index is 5.34. The van der Waals surface area contributed by atoms with Crippen LogP contribution in [-0.2, 0) is 6.42 Å². The fraction of sp³-hybridized carbons (Fsp3) is 0.111. The molecule has 66 valence electrons. The molecule has 2 aromatic heterocycles. The van der Waals surface area contributed by atoms with E-state index in [1.165, 1.54) is 0 Å². The van der Waals surface area contributed by atoms with E-state index in [1.54, 1.807) is 18.6 Å². The zero-order valence-corrected chi connectivity index (χ0v) is 6.97. The van der Waals surface area contributed by atoms with Gasteiger partial charge in [0.1, 0.15) is 5.76 Å². The topological polar surface area (TPSA) is 64.9 Å². The summed E-state index contributed by atoms with van der Waals surface area (Å²) < 4.78 is 5.13. The van der Waals surface area contributed by atoms with E-state index < -0.39 is 0 Å². The van der Waals surface area contributed by atoms with Crippen LogP contribution in [0.15, 0.2) is 35.1 Å². The van der Waals surface area contributed by atoms with Crippen LogP contribution in [0.2, 0.25) is 0 Å². The first-order valence-corrected chi connectivity index (χ1v) is 3.93. The summed E-state index contributed by atoms with van der Waals surface area (Å²) in [5.41, 5.74) is 6.47. The molecule has 0 amide bonds. The Kier molecular flexibility index (Phi) is 1.96. The van der Waals surface area contributed by atoms with Gasteiger partial charge in [0.25, 0.3) is 6.01 Å². The summed E-state index contributed by atoms with van der Waals surface area (Å²) in [7, 11) is 0. The van der Waals surface area contributed by atoms with E-state index >= 15 is 0 Å². The van der Waals surface area contributed by atoms with Crippen LogP contribution in [0.3, 0.4) is 0 Å². The van der Waals surface area contributed by atoms with Gasteiger partial charge in [-0.3, -0.25) is 4.98 Å². The number of nitrogens with zero attached hydrogens (tertiary/aromatic N) is 2. The van der Waals surface area contributed by atoms with Gasteiger partial charge >= 0.3 is 0 Å². The van der Waals surface area contributed by atoms with Crippen molar-refractivity contribution in [3.05, 3.63) is 42.0 Å². The molecule has 0 aliphatic carbocycles. The van der Waals surface area contributed by atoms with Crippen LogP contribution in [-0.4, -0.2) is 9.97 Å². The SMILES string of the molecule is Nc1ncc(Cc2ccncc2)o1. The fourth-order valence-corrected chi connectivity index (χ4v) is 1.11. The predicted octanol–water partition coefficient (Wildman–Crippen LogP) is 1.24. The Bertz CT molecular complexity index is 383. The van der Waals surface area contributed by atoms with Crippen molar-refractivity contribution in [2.24, 2.45) is 0 Å². The summed E-state index contributed by atoms with van der Waals surface area (Å²) in [5, 5.41) is 0. The van der Waals surface area contributed by atoms with Gasteiger partial charge in [0, 0.05) is 18.8 Å². The van der Waals surface area contributed by atoms with E-state index in [2.05, 4.69) is 9.97 Å². The minimum atomic E-state index is 0.212. The standard InChI is InChI=1S/C9H9N3O/c10-9-12-6-8(13-9)5-7-1-3-11-4-2-7/h1-4,6H,5H2,(H2,10,12). The minimum Gasteiger partial charge on any atom is -0.429 e. The average molecular weight is 175 g/mol. The maximum Gasteiger partial charge on any atom is 0.292 e. The summed E-state index contributed by atoms with van der Waals surface area (Å²) in [6.45, 7) is 0. The van der Waals surface area contributed by atoms with Crippen molar-refractivity contribution in [3.63, 3.8) is 0 Å². The van der Waals surface area contributed by atoms with Crippen LogP contribution in [0.25, 0.3) is 0 Å². The molecule has 2 aromatic rings. The highest BCUT2D eigenvalue weighted by atomic mass is 16.4. The molecule has 2 heterocycles. The van der Waals surface area contributed by atoms with E-state index in [1.807, 2.05) is 12.1 Å². The molecule has 4 nitrogen and oxygen atoms in total. The van der Waals surface area contributed by atoms with Gasteiger partial charge in [-0.2, -0.15) is 0 Å². The molecular formula is C9H9N3O. The van der Waals surface area contributed by atoms with Crippen molar-refractivity contribution in [3.8, 4) is 0 Å². The van der Waals surface area contributed by atoms with Crippen molar-refractivity contribution in [1.82, 2.24) is 9.97 Å². The number of nitrogens with two attached hydrogens (primary N) is 1. The Morgan fingerprint density at radius 3 is 2.69 bits per heavy atom. The van der Waals surface area contributed by atoms with Gasteiger partial charge in [-0.1, -0.05) is 0 Å². The second kappa shape index (κ2) is 3.26. The molecule has 0 bridgehead atoms. The number of hydrogen-bond donors (Lipinski definition) is 1. The molecule has 0 fully saturated rings. The van der Waals surface area contributed by atoms with Gasteiger partial charge in [-0.25, -0.2) is 4.98 Å². The Hall–Kier alpha value is -1.84. The van der Waals surface area contributed by atoms with E-state index in [-0.39, 0.29) is 6.01 Å². The highest BCUT2D eigenvalue weighted by Gasteiger charge is 2.00. The van der Waals surface area contributed by atoms with E-state index in [4.69, 9.17) is 10.2 Å². The van der Waals surface area contributed by atoms with Gasteiger partial charge in [-0.05, 0) is 17.7 Å². The van der Waals surface area contributed by atoms with Crippen LogP contribution in [0.1, 0.15) is 11.3 Å². The first-order chi connectivity index (χ1) is 6.34. The lowest BCUT2D eigenvalue weighted by atomic mass is 10.2. The molecule has 13 heavy (non-hydrogen) atoms. The van der Waals surface area contributed by atoms with Crippen molar-refractivity contribution in [1.29, 1.82) is 0 Å². The molecule has 0 aliphatic rings. The fourth-order valence-electron chi connectivity index (χ4n) is 1.11. The maximum atomic E-state index is 5.34. The Labute approximate surface area is 75.4 Å². The Morgan fingerprint density at radius 2 is 2.08 bits per heavy atom. The van der Waals surface area contributed by atoms with Crippen molar-refractivity contribution in [2.45, 2.75) is 6.42 Å². The number of anilines is 1. The van der Waals surface area contributed by atoms with Crippen LogP contribution in [0.4, 0.5) is 6.01 Å². The Morgan fingerprint density at radius 1 is 1.31 bits per heavy atom. The molecule has 4 heteroatoms. The van der Waals surface area contributed by atoms with Crippen molar-refractivity contribution < 1.29 is 4.42 Å². The highest BCUT2D eigenvalue weighted by Crippen LogP contribution is 2.10. The quantitative estimate of drug-likeness (QED) is 0.745. The molecular weight excluding hydrogens is 166 g/mol. The molecule has 2 rings (SSSR count). The third-order valence-corrected chi connectivity index (χ3v) is 1.70. The third-order valence-electron chi connectivity index (χ3n) is 1.70. The first kappa shape index (κ1) is 7.79. The number of pyridine rings is 1. The van der Waals surface area contributed by atoms with Crippen LogP contribution in [0.5, 0.6) is 0 Å². The van der Waals surface area contributed by atoms with Gasteiger partial charge in [-0.15, -0.1) is 0 Å². The molecule has 2 N–H and O–H groups in total. The van der Waals surface area contributed by atoms with Crippen molar-refractivity contribution in [2.75, 3.05) is 5.73 Å². The summed E-state index contributed by atoms with van der Waals surface area (Å²) in [4.78, 5) is 7.73. The van der Waals surface area contributed by atoms with E-state index in [0.717, 1.165) is 11.3 Å². The zero-order chi connectivity index (χ0) is 9.10. The van der Waals surface area contributed by atoms with Crippen molar-refractivity contribution >= 4 is 6.01 Å². The van der Waals surface area contributed by atoms with Gasteiger partial charge in [0.05, 0.1) is 6.20 Å². The normalized spacial score (nSPS) is 10.2. The lowest BCUT2D eigenvalue weighted by Gasteiger charge is -1.94. The summed E-state index contributed by atoms with van der Waals surface area (Å²) in [6.07, 6.45) is 5.83. The molecule has 0 spiro atoms. The van der Waals surface area contributed by atoms with Gasteiger partial charge in [0.15, 0.2) is 0 Å².